The van der Waals surface area contributed by atoms with Crippen LogP contribution < -0.4 is 0 Å². The number of hydrogen-bond acceptors (Lipinski definition) is 3. The molecule has 2 N–H and O–H groups in total. The van der Waals surface area contributed by atoms with Crippen molar-refractivity contribution in [3.8, 4) is 0 Å². The molecule has 2 atom stereocenters. The number of aliphatic hydroxyl groups excluding tert-OH is 2. The van der Waals surface area contributed by atoms with Crippen molar-refractivity contribution in [2.24, 2.45) is 0 Å². The van der Waals surface area contributed by atoms with Gasteiger partial charge in [-0.1, -0.05) is 12.5 Å². The van der Waals surface area contributed by atoms with Crippen LogP contribution in [0.2, 0.25) is 0 Å². The molecule has 0 saturated carbocycles. The Kier molecular flexibility index (Phi) is 3.84. The molecule has 80 valence electrons. The summed E-state index contributed by atoms with van der Waals surface area (Å²) in [7, 11) is 0. The van der Waals surface area contributed by atoms with Crippen LogP contribution >= 0.6 is 0 Å². The maximum Gasteiger partial charge on any atom is 0.159 e. The molecule has 0 aromatic carbocycles. The molecule has 0 amide bonds. The number of ketones is 1. The van der Waals surface area contributed by atoms with E-state index in [1.54, 1.807) is 0 Å². The molecule has 0 bridgehead atoms. The van der Waals surface area contributed by atoms with E-state index < -0.39 is 12.2 Å². The van der Waals surface area contributed by atoms with Crippen molar-refractivity contribution in [1.82, 2.24) is 0 Å². The summed E-state index contributed by atoms with van der Waals surface area (Å²) in [6.07, 6.45) is 0.677. The van der Waals surface area contributed by atoms with Crippen molar-refractivity contribution in [3.05, 3.63) is 11.1 Å². The largest absolute Gasteiger partial charge is 0.390 e. The van der Waals surface area contributed by atoms with Crippen LogP contribution in [0.15, 0.2) is 11.1 Å². The topological polar surface area (TPSA) is 57.5 Å². The first kappa shape index (κ1) is 11.4. The van der Waals surface area contributed by atoms with Crippen molar-refractivity contribution in [1.29, 1.82) is 0 Å². The van der Waals surface area contributed by atoms with Gasteiger partial charge in [0.05, 0.1) is 12.2 Å². The maximum atomic E-state index is 11.4. The lowest BCUT2D eigenvalue weighted by atomic mass is 10.00. The monoisotopic (exact) mass is 198 g/mol. The lowest BCUT2D eigenvalue weighted by molar-refractivity contribution is -0.115. The van der Waals surface area contributed by atoms with Crippen molar-refractivity contribution in [3.63, 3.8) is 0 Å². The second kappa shape index (κ2) is 4.71. The molecule has 0 fully saturated rings. The van der Waals surface area contributed by atoms with Gasteiger partial charge in [-0.3, -0.25) is 4.79 Å². The molecule has 1 aliphatic carbocycles. The Morgan fingerprint density at radius 1 is 1.29 bits per heavy atom. The molecular formula is C11H18O3. The number of carbonyl (C=O) groups is 1. The Morgan fingerprint density at radius 2 is 1.93 bits per heavy atom. The Labute approximate surface area is 84.4 Å². The predicted molar refractivity (Wildman–Crippen MR) is 53.9 cm³/mol. The molecule has 0 radical (unpaired) electrons. The molecule has 0 aromatic heterocycles. The normalized spacial score (nSPS) is 21.6. The van der Waals surface area contributed by atoms with Crippen LogP contribution in [0.25, 0.3) is 0 Å². The van der Waals surface area contributed by atoms with E-state index in [2.05, 4.69) is 0 Å². The Morgan fingerprint density at radius 3 is 2.36 bits per heavy atom. The van der Waals surface area contributed by atoms with E-state index in [-0.39, 0.29) is 5.78 Å². The number of aliphatic hydroxyl groups is 2. The SMILES string of the molecule is CC[C@H](O)[C@H](O)CC1=C(C)CCC1=O. The first-order valence-corrected chi connectivity index (χ1v) is 5.14. The van der Waals surface area contributed by atoms with Gasteiger partial charge in [0.2, 0.25) is 0 Å². The van der Waals surface area contributed by atoms with Crippen LogP contribution in [0.1, 0.15) is 39.5 Å². The van der Waals surface area contributed by atoms with Crippen molar-refractivity contribution < 1.29 is 15.0 Å². The lowest BCUT2D eigenvalue weighted by Crippen LogP contribution is -2.26. The minimum Gasteiger partial charge on any atom is -0.390 e. The van der Waals surface area contributed by atoms with Crippen LogP contribution in [-0.4, -0.2) is 28.2 Å². The van der Waals surface area contributed by atoms with Gasteiger partial charge in [0, 0.05) is 12.8 Å². The number of carbonyl (C=O) groups excluding carboxylic acids is 1. The second-order valence-electron chi connectivity index (χ2n) is 3.93. The van der Waals surface area contributed by atoms with Crippen LogP contribution in [0.5, 0.6) is 0 Å². The summed E-state index contributed by atoms with van der Waals surface area (Å²) in [5.74, 6) is 0.129. The van der Waals surface area contributed by atoms with Crippen molar-refractivity contribution in [2.75, 3.05) is 0 Å². The van der Waals surface area contributed by atoms with E-state index in [0.29, 0.717) is 19.3 Å². The van der Waals surface area contributed by atoms with Gasteiger partial charge >= 0.3 is 0 Å². The minimum absolute atomic E-state index is 0.129. The summed E-state index contributed by atoms with van der Waals surface area (Å²) in [5, 5.41) is 19.0. The molecule has 0 heterocycles. The van der Waals surface area contributed by atoms with Crippen molar-refractivity contribution in [2.45, 2.75) is 51.7 Å². The highest BCUT2D eigenvalue weighted by Crippen LogP contribution is 2.26. The zero-order chi connectivity index (χ0) is 10.7. The van der Waals surface area contributed by atoms with E-state index in [1.807, 2.05) is 13.8 Å². The molecule has 1 rings (SSSR count). The number of Topliss-reactive ketones (excluding diaryl/α,β-unsaturated/α-hetero) is 1. The van der Waals surface area contributed by atoms with Gasteiger partial charge in [-0.2, -0.15) is 0 Å². The van der Waals surface area contributed by atoms with Crippen LogP contribution in [0.4, 0.5) is 0 Å². The highest BCUT2D eigenvalue weighted by Gasteiger charge is 2.24. The first-order chi connectivity index (χ1) is 6.56. The summed E-state index contributed by atoms with van der Waals surface area (Å²) in [4.78, 5) is 11.4. The van der Waals surface area contributed by atoms with Crippen LogP contribution in [0, 0.1) is 0 Å². The number of allylic oxidation sites excluding steroid dienone is 1. The molecule has 0 unspecified atom stereocenters. The lowest BCUT2D eigenvalue weighted by Gasteiger charge is -2.16. The fourth-order valence-electron chi connectivity index (χ4n) is 1.75. The molecule has 0 aliphatic heterocycles. The molecule has 0 aromatic rings. The van der Waals surface area contributed by atoms with Crippen LogP contribution in [0.3, 0.4) is 0 Å². The maximum absolute atomic E-state index is 11.4. The highest BCUT2D eigenvalue weighted by molar-refractivity contribution is 5.98. The quantitative estimate of drug-likeness (QED) is 0.713. The third-order valence-electron chi connectivity index (χ3n) is 2.85. The Balaban J connectivity index is 2.59. The molecule has 0 spiro atoms. The molecule has 0 saturated heterocycles. The third-order valence-corrected chi connectivity index (χ3v) is 2.85. The summed E-state index contributed by atoms with van der Waals surface area (Å²) >= 11 is 0. The molecule has 14 heavy (non-hydrogen) atoms. The highest BCUT2D eigenvalue weighted by atomic mass is 16.3. The zero-order valence-electron chi connectivity index (χ0n) is 8.79. The average Bonchev–Trinajstić information content (AvgIpc) is 2.48. The van der Waals surface area contributed by atoms with Gasteiger partial charge in [0.1, 0.15) is 0 Å². The minimum atomic E-state index is -0.799. The summed E-state index contributed by atoms with van der Waals surface area (Å²) < 4.78 is 0. The van der Waals surface area contributed by atoms with Gasteiger partial charge in [-0.15, -0.1) is 0 Å². The fraction of sp³-hybridized carbons (Fsp3) is 0.727. The summed E-state index contributed by atoms with van der Waals surface area (Å²) in [5.41, 5.74) is 1.79. The van der Waals surface area contributed by atoms with E-state index in [4.69, 9.17) is 0 Å². The van der Waals surface area contributed by atoms with Crippen LogP contribution in [-0.2, 0) is 4.79 Å². The van der Waals surface area contributed by atoms with Gasteiger partial charge < -0.3 is 10.2 Å². The predicted octanol–water partition coefficient (Wildman–Crippen LogP) is 1.19. The van der Waals surface area contributed by atoms with E-state index in [0.717, 1.165) is 17.6 Å². The van der Waals surface area contributed by atoms with E-state index in [9.17, 15) is 15.0 Å². The standard InChI is InChI=1S/C11H18O3/c1-3-9(12)11(14)6-8-7(2)4-5-10(8)13/h9,11-12,14H,3-6H2,1-2H3/t9-,11+/m0/s1. The summed E-state index contributed by atoms with van der Waals surface area (Å²) in [6.45, 7) is 3.73. The number of rotatable bonds is 4. The fourth-order valence-corrected chi connectivity index (χ4v) is 1.75. The van der Waals surface area contributed by atoms with Gasteiger partial charge in [0.25, 0.3) is 0 Å². The van der Waals surface area contributed by atoms with Crippen molar-refractivity contribution >= 4 is 5.78 Å². The number of hydrogen-bond donors (Lipinski definition) is 2. The zero-order valence-corrected chi connectivity index (χ0v) is 8.79. The molecule has 3 nitrogen and oxygen atoms in total. The molecule has 1 aliphatic rings. The average molecular weight is 198 g/mol. The molecular weight excluding hydrogens is 180 g/mol. The van der Waals surface area contributed by atoms with Gasteiger partial charge in [-0.25, -0.2) is 0 Å². The Bertz CT molecular complexity index is 255. The first-order valence-electron chi connectivity index (χ1n) is 5.14. The Hall–Kier alpha value is -0.670. The van der Waals surface area contributed by atoms with Gasteiger partial charge in [-0.05, 0) is 25.3 Å². The van der Waals surface area contributed by atoms with E-state index >= 15 is 0 Å². The second-order valence-corrected chi connectivity index (χ2v) is 3.93. The molecule has 3 heteroatoms. The third kappa shape index (κ3) is 2.42. The summed E-state index contributed by atoms with van der Waals surface area (Å²) in [6, 6.07) is 0. The smallest absolute Gasteiger partial charge is 0.159 e. The van der Waals surface area contributed by atoms with Gasteiger partial charge in [0.15, 0.2) is 5.78 Å². The van der Waals surface area contributed by atoms with E-state index in [1.165, 1.54) is 0 Å².